The first-order valence-electron chi connectivity index (χ1n) is 12.9. The van der Waals surface area contributed by atoms with Crippen LogP contribution in [-0.2, 0) is 12.8 Å². The fourth-order valence-electron chi connectivity index (χ4n) is 5.62. The van der Waals surface area contributed by atoms with E-state index in [1.54, 1.807) is 0 Å². The highest BCUT2D eigenvalue weighted by Gasteiger charge is 2.19. The normalized spacial score (nSPS) is 13.5. The van der Waals surface area contributed by atoms with Crippen LogP contribution < -0.4 is 4.90 Å². The molecule has 1 nitrogen and oxygen atoms in total. The molecule has 1 heteroatoms. The monoisotopic (exact) mass is 473 g/mol. The van der Waals surface area contributed by atoms with E-state index < -0.39 is 0 Å². The zero-order valence-electron chi connectivity index (χ0n) is 20.6. The first kappa shape index (κ1) is 21.6. The third-order valence-electron chi connectivity index (χ3n) is 7.52. The maximum atomic E-state index is 2.36. The molecule has 0 bridgehead atoms. The Morgan fingerprint density at radius 2 is 0.946 bits per heavy atom. The van der Waals surface area contributed by atoms with Crippen molar-refractivity contribution in [3.8, 4) is 0 Å². The average molecular weight is 474 g/mol. The van der Waals surface area contributed by atoms with Crippen molar-refractivity contribution in [2.75, 3.05) is 4.90 Å². The van der Waals surface area contributed by atoms with Gasteiger partial charge in [-0.2, -0.15) is 0 Å². The molecule has 0 N–H and O–H groups in total. The van der Waals surface area contributed by atoms with Crippen LogP contribution in [0.5, 0.6) is 0 Å². The Morgan fingerprint density at radius 3 is 1.68 bits per heavy atom. The molecule has 0 fully saturated rings. The summed E-state index contributed by atoms with van der Waals surface area (Å²) in [6, 6.07) is 46.0. The molecule has 0 spiro atoms. The van der Waals surface area contributed by atoms with Gasteiger partial charge in [-0.3, -0.25) is 0 Å². The molecule has 7 rings (SSSR count). The maximum Gasteiger partial charge on any atom is 0.0464 e. The molecule has 5 aromatic rings. The number of nitrogens with zero attached hydrogens (tertiary/aromatic N) is 1. The summed E-state index contributed by atoms with van der Waals surface area (Å²) in [4.78, 5) is 2.36. The lowest BCUT2D eigenvalue weighted by Crippen LogP contribution is -2.10. The van der Waals surface area contributed by atoms with Crippen molar-refractivity contribution < 1.29 is 0 Å². The summed E-state index contributed by atoms with van der Waals surface area (Å²) < 4.78 is 0. The Kier molecular flexibility index (Phi) is 5.33. The predicted octanol–water partition coefficient (Wildman–Crippen LogP) is 9.35. The number of hydrogen-bond acceptors (Lipinski definition) is 1. The van der Waals surface area contributed by atoms with Crippen molar-refractivity contribution in [3.05, 3.63) is 161 Å². The molecule has 0 aromatic heterocycles. The van der Waals surface area contributed by atoms with E-state index in [-0.39, 0.29) is 0 Å². The van der Waals surface area contributed by atoms with Crippen LogP contribution in [0.1, 0.15) is 33.4 Å². The smallest absolute Gasteiger partial charge is 0.0464 e. The van der Waals surface area contributed by atoms with E-state index in [1.165, 1.54) is 55.9 Å². The topological polar surface area (TPSA) is 3.24 Å². The summed E-state index contributed by atoms with van der Waals surface area (Å²) in [6.07, 6.45) is 6.63. The van der Waals surface area contributed by atoms with Gasteiger partial charge in [-0.1, -0.05) is 103 Å². The Balaban J connectivity index is 1.22. The molecule has 0 heterocycles. The van der Waals surface area contributed by atoms with Gasteiger partial charge in [-0.05, 0) is 93.8 Å². The van der Waals surface area contributed by atoms with Crippen molar-refractivity contribution in [1.82, 2.24) is 0 Å². The minimum absolute atomic E-state index is 0.962. The molecule has 0 radical (unpaired) electrons. The van der Waals surface area contributed by atoms with Crippen molar-refractivity contribution in [2.45, 2.75) is 12.8 Å². The van der Waals surface area contributed by atoms with Crippen LogP contribution >= 0.6 is 0 Å². The number of rotatable bonds is 5. The minimum atomic E-state index is 0.962. The molecule has 0 unspecified atom stereocenters. The second kappa shape index (κ2) is 9.11. The Hall–Kier alpha value is -4.62. The first-order valence-corrected chi connectivity index (χ1v) is 12.9. The standard InChI is InChI=1S/C36H27N/c1-3-9-26(10-4-1)32-23-30-17-20-36(25-33(30)24-32)37(34-13-5-2-6-14-34)35-18-15-27(16-19-35)31-21-28-11-7-8-12-29(28)22-31/h1-21,23,25H,22,24H2. The molecular weight excluding hydrogens is 446 g/mol. The molecule has 176 valence electrons. The summed E-state index contributed by atoms with van der Waals surface area (Å²) in [5.74, 6) is 0. The molecule has 5 aromatic carbocycles. The van der Waals surface area contributed by atoms with Gasteiger partial charge in [0.05, 0.1) is 0 Å². The highest BCUT2D eigenvalue weighted by atomic mass is 15.1. The van der Waals surface area contributed by atoms with Crippen LogP contribution in [0.3, 0.4) is 0 Å². The van der Waals surface area contributed by atoms with Crippen LogP contribution in [0, 0.1) is 0 Å². The number of anilines is 3. The van der Waals surface area contributed by atoms with Crippen molar-refractivity contribution in [3.63, 3.8) is 0 Å². The summed E-state index contributed by atoms with van der Waals surface area (Å²) in [5.41, 5.74) is 14.3. The van der Waals surface area contributed by atoms with Gasteiger partial charge in [0.25, 0.3) is 0 Å². The fourth-order valence-corrected chi connectivity index (χ4v) is 5.62. The maximum absolute atomic E-state index is 2.36. The first-order chi connectivity index (χ1) is 18.3. The third-order valence-corrected chi connectivity index (χ3v) is 7.52. The highest BCUT2D eigenvalue weighted by Crippen LogP contribution is 2.40. The zero-order valence-corrected chi connectivity index (χ0v) is 20.6. The van der Waals surface area contributed by atoms with Crippen LogP contribution in [0.2, 0.25) is 0 Å². The van der Waals surface area contributed by atoms with E-state index in [1.807, 2.05) is 0 Å². The number of benzene rings is 5. The summed E-state index contributed by atoms with van der Waals surface area (Å²) in [5, 5.41) is 0. The van der Waals surface area contributed by atoms with E-state index in [9.17, 15) is 0 Å². The molecule has 0 atom stereocenters. The molecule has 2 aliphatic carbocycles. The Labute approximate surface area is 218 Å². The molecule has 0 saturated carbocycles. The van der Waals surface area contributed by atoms with E-state index >= 15 is 0 Å². The van der Waals surface area contributed by atoms with E-state index in [4.69, 9.17) is 0 Å². The summed E-state index contributed by atoms with van der Waals surface area (Å²) in [6.45, 7) is 0. The van der Waals surface area contributed by atoms with Crippen LogP contribution in [0.25, 0.3) is 23.3 Å². The van der Waals surface area contributed by atoms with Gasteiger partial charge in [-0.15, -0.1) is 0 Å². The number of allylic oxidation sites excluding steroid dienone is 2. The Bertz CT molecular complexity index is 1640. The van der Waals surface area contributed by atoms with Gasteiger partial charge < -0.3 is 4.90 Å². The zero-order chi connectivity index (χ0) is 24.6. The average Bonchev–Trinajstić information content (AvgIpc) is 3.59. The van der Waals surface area contributed by atoms with Crippen molar-refractivity contribution in [1.29, 1.82) is 0 Å². The quantitative estimate of drug-likeness (QED) is 0.246. The van der Waals surface area contributed by atoms with Gasteiger partial charge in [0.2, 0.25) is 0 Å². The van der Waals surface area contributed by atoms with Crippen molar-refractivity contribution >= 4 is 40.4 Å². The van der Waals surface area contributed by atoms with Crippen LogP contribution in [0.15, 0.2) is 127 Å². The SMILES string of the molecule is C1=C(c2ccc(N(c3ccccc3)c3ccc4c(c3)CC(c3ccccc3)=C4)cc2)Cc2ccccc21. The second-order valence-electron chi connectivity index (χ2n) is 9.86. The molecule has 0 aliphatic heterocycles. The predicted molar refractivity (Wildman–Crippen MR) is 157 cm³/mol. The lowest BCUT2D eigenvalue weighted by Gasteiger charge is -2.26. The van der Waals surface area contributed by atoms with Gasteiger partial charge >= 0.3 is 0 Å². The molecule has 2 aliphatic rings. The molecule has 0 saturated heterocycles. The van der Waals surface area contributed by atoms with Gasteiger partial charge in [0.1, 0.15) is 0 Å². The van der Waals surface area contributed by atoms with Gasteiger partial charge in [0.15, 0.2) is 0 Å². The fraction of sp³-hybridized carbons (Fsp3) is 0.0556. The number of fused-ring (bicyclic) bond motifs is 2. The Morgan fingerprint density at radius 1 is 0.405 bits per heavy atom. The van der Waals surface area contributed by atoms with Gasteiger partial charge in [0, 0.05) is 17.1 Å². The molecule has 37 heavy (non-hydrogen) atoms. The summed E-state index contributed by atoms with van der Waals surface area (Å²) >= 11 is 0. The largest absolute Gasteiger partial charge is 0.310 e. The lowest BCUT2D eigenvalue weighted by molar-refractivity contribution is 1.24. The number of para-hydroxylation sites is 1. The van der Waals surface area contributed by atoms with Gasteiger partial charge in [-0.25, -0.2) is 0 Å². The molecular formula is C36H27N. The van der Waals surface area contributed by atoms with E-state index in [0.717, 1.165) is 18.5 Å². The number of hydrogen-bond donors (Lipinski definition) is 0. The van der Waals surface area contributed by atoms with Crippen molar-refractivity contribution in [2.24, 2.45) is 0 Å². The van der Waals surface area contributed by atoms with Crippen LogP contribution in [-0.4, -0.2) is 0 Å². The second-order valence-corrected chi connectivity index (χ2v) is 9.86. The van der Waals surface area contributed by atoms with Crippen LogP contribution in [0.4, 0.5) is 17.1 Å². The third kappa shape index (κ3) is 4.09. The summed E-state index contributed by atoms with van der Waals surface area (Å²) in [7, 11) is 0. The molecule has 0 amide bonds. The highest BCUT2D eigenvalue weighted by molar-refractivity contribution is 5.91. The van der Waals surface area contributed by atoms with E-state index in [2.05, 4.69) is 144 Å². The minimum Gasteiger partial charge on any atom is -0.310 e. The lowest BCUT2D eigenvalue weighted by atomic mass is 10.0. The van der Waals surface area contributed by atoms with E-state index in [0.29, 0.717) is 0 Å².